The van der Waals surface area contributed by atoms with Gasteiger partial charge in [-0.1, -0.05) is 31.5 Å². The van der Waals surface area contributed by atoms with Crippen LogP contribution >= 0.6 is 0 Å². The number of carbonyl (C=O) groups is 1. The Bertz CT molecular complexity index is 626. The Labute approximate surface area is 112 Å². The lowest BCUT2D eigenvalue weighted by Crippen LogP contribution is -1.92. The van der Waals surface area contributed by atoms with E-state index in [9.17, 15) is 4.79 Å². The van der Waals surface area contributed by atoms with Crippen molar-refractivity contribution in [2.24, 2.45) is 0 Å². The highest BCUT2D eigenvalue weighted by Crippen LogP contribution is 2.35. The van der Waals surface area contributed by atoms with E-state index in [0.29, 0.717) is 11.1 Å². The molecule has 0 heterocycles. The number of fused-ring (bicyclic) bond motifs is 1. The van der Waals surface area contributed by atoms with Crippen LogP contribution in [0.3, 0.4) is 0 Å². The summed E-state index contributed by atoms with van der Waals surface area (Å²) in [5, 5.41) is 17.9. The minimum atomic E-state index is -0.00459. The lowest BCUT2D eigenvalue weighted by Gasteiger charge is -2.04. The van der Waals surface area contributed by atoms with Gasteiger partial charge < -0.3 is 0 Å². The fourth-order valence-electron chi connectivity index (χ4n) is 2.35. The van der Waals surface area contributed by atoms with Crippen molar-refractivity contribution >= 4 is 11.4 Å². The maximum Gasteiger partial charge on any atom is 0.167 e. The summed E-state index contributed by atoms with van der Waals surface area (Å²) in [5.74, 6) is -0.00459. The number of nitriles is 2. The van der Waals surface area contributed by atoms with E-state index in [1.807, 2.05) is 30.3 Å². The van der Waals surface area contributed by atoms with E-state index in [0.717, 1.165) is 30.4 Å². The molecule has 19 heavy (non-hydrogen) atoms. The number of nitrogens with zero attached hydrogens (tertiary/aromatic N) is 2. The summed E-state index contributed by atoms with van der Waals surface area (Å²) in [6.07, 6.45) is 3.33. The zero-order valence-electron chi connectivity index (χ0n) is 10.9. The number of carbonyl (C=O) groups excluding carboxylic acids is 1. The Morgan fingerprint density at radius 2 is 2.00 bits per heavy atom. The van der Waals surface area contributed by atoms with Gasteiger partial charge in [-0.3, -0.25) is 4.79 Å². The number of hydrogen-bond acceptors (Lipinski definition) is 3. The van der Waals surface area contributed by atoms with Crippen molar-refractivity contribution in [3.63, 3.8) is 0 Å². The van der Waals surface area contributed by atoms with Gasteiger partial charge in [-0.25, -0.2) is 0 Å². The Balaban J connectivity index is 2.50. The van der Waals surface area contributed by atoms with E-state index in [1.54, 1.807) is 0 Å². The van der Waals surface area contributed by atoms with Crippen molar-refractivity contribution in [2.75, 3.05) is 0 Å². The van der Waals surface area contributed by atoms with Gasteiger partial charge in [0.05, 0.1) is 0 Å². The van der Waals surface area contributed by atoms with Gasteiger partial charge in [0.1, 0.15) is 17.7 Å². The number of aryl methyl sites for hydroxylation is 1. The second kappa shape index (κ2) is 5.50. The second-order valence-electron chi connectivity index (χ2n) is 4.66. The summed E-state index contributed by atoms with van der Waals surface area (Å²) >= 11 is 0. The summed E-state index contributed by atoms with van der Waals surface area (Å²) in [5.41, 5.74) is 3.21. The van der Waals surface area contributed by atoms with E-state index in [2.05, 4.69) is 6.92 Å². The minimum absolute atomic E-state index is 0.00459. The highest BCUT2D eigenvalue weighted by atomic mass is 16.1. The van der Waals surface area contributed by atoms with Crippen LogP contribution in [-0.4, -0.2) is 5.78 Å². The molecular formula is C16H14N2O. The van der Waals surface area contributed by atoms with Gasteiger partial charge in [0, 0.05) is 12.0 Å². The molecule has 2 rings (SSSR count). The average Bonchev–Trinajstić information content (AvgIpc) is 2.75. The Morgan fingerprint density at radius 3 is 2.63 bits per heavy atom. The first kappa shape index (κ1) is 13.1. The van der Waals surface area contributed by atoms with Gasteiger partial charge in [0.15, 0.2) is 5.78 Å². The van der Waals surface area contributed by atoms with Crippen LogP contribution < -0.4 is 0 Å². The summed E-state index contributed by atoms with van der Waals surface area (Å²) in [7, 11) is 0. The van der Waals surface area contributed by atoms with Crippen molar-refractivity contribution < 1.29 is 4.79 Å². The summed E-state index contributed by atoms with van der Waals surface area (Å²) in [4.78, 5) is 11.9. The number of hydrogen-bond donors (Lipinski definition) is 0. The summed E-state index contributed by atoms with van der Waals surface area (Å²) in [6.45, 7) is 2.13. The van der Waals surface area contributed by atoms with Crippen molar-refractivity contribution in [3.05, 3.63) is 40.5 Å². The molecule has 0 N–H and O–H groups in total. The van der Waals surface area contributed by atoms with Crippen molar-refractivity contribution in [1.29, 1.82) is 10.5 Å². The first-order chi connectivity index (χ1) is 9.21. The molecule has 1 aromatic carbocycles. The molecule has 1 aliphatic rings. The predicted molar refractivity (Wildman–Crippen MR) is 72.1 cm³/mol. The third kappa shape index (κ3) is 2.41. The molecular weight excluding hydrogens is 236 g/mol. The van der Waals surface area contributed by atoms with Crippen molar-refractivity contribution in [2.45, 2.75) is 32.6 Å². The van der Waals surface area contributed by atoms with Gasteiger partial charge in [-0.05, 0) is 29.5 Å². The lowest BCUT2D eigenvalue weighted by molar-refractivity contribution is 0.100. The Morgan fingerprint density at radius 1 is 1.26 bits per heavy atom. The van der Waals surface area contributed by atoms with E-state index >= 15 is 0 Å². The Kier molecular flexibility index (Phi) is 3.78. The SMILES string of the molecule is CCCCc1ccc2c(c1)C(=C(C#N)C#N)CC2=O. The molecule has 0 aromatic heterocycles. The molecule has 1 aliphatic carbocycles. The topological polar surface area (TPSA) is 64.7 Å². The van der Waals surface area contributed by atoms with Crippen molar-refractivity contribution in [1.82, 2.24) is 0 Å². The van der Waals surface area contributed by atoms with Gasteiger partial charge >= 0.3 is 0 Å². The van der Waals surface area contributed by atoms with Gasteiger partial charge in [0.2, 0.25) is 0 Å². The van der Waals surface area contributed by atoms with Crippen LogP contribution in [0.5, 0.6) is 0 Å². The molecule has 94 valence electrons. The van der Waals surface area contributed by atoms with E-state index < -0.39 is 0 Å². The molecule has 0 fully saturated rings. The molecule has 1 aromatic rings. The molecule has 0 saturated heterocycles. The second-order valence-corrected chi connectivity index (χ2v) is 4.66. The number of rotatable bonds is 3. The average molecular weight is 250 g/mol. The zero-order valence-corrected chi connectivity index (χ0v) is 10.9. The highest BCUT2D eigenvalue weighted by Gasteiger charge is 2.27. The van der Waals surface area contributed by atoms with E-state index in [4.69, 9.17) is 10.5 Å². The maximum absolute atomic E-state index is 11.9. The smallest absolute Gasteiger partial charge is 0.167 e. The molecule has 0 saturated carbocycles. The standard InChI is InChI=1S/C16H14N2O/c1-2-3-4-11-5-6-13-15(7-11)14(8-16(13)19)12(9-17)10-18/h5-7H,2-4,8H2,1H3. The predicted octanol–water partition coefficient (Wildman–Crippen LogP) is 3.42. The number of allylic oxidation sites excluding steroid dienone is 2. The number of unbranched alkanes of at least 4 members (excludes halogenated alkanes) is 1. The minimum Gasteiger partial charge on any atom is -0.294 e. The number of Topliss-reactive ketones (excluding diaryl/α,β-unsaturated/α-hetero) is 1. The maximum atomic E-state index is 11.9. The van der Waals surface area contributed by atoms with Gasteiger partial charge in [-0.2, -0.15) is 10.5 Å². The fraction of sp³-hybridized carbons (Fsp3) is 0.312. The van der Waals surface area contributed by atoms with Crippen LogP contribution in [0, 0.1) is 22.7 Å². The third-order valence-electron chi connectivity index (χ3n) is 3.39. The van der Waals surface area contributed by atoms with Crippen LogP contribution in [0.2, 0.25) is 0 Å². The molecule has 0 unspecified atom stereocenters. The number of ketones is 1. The van der Waals surface area contributed by atoms with E-state index in [-0.39, 0.29) is 17.8 Å². The molecule has 0 atom stereocenters. The van der Waals surface area contributed by atoms with Gasteiger partial charge in [-0.15, -0.1) is 0 Å². The molecule has 3 heteroatoms. The highest BCUT2D eigenvalue weighted by molar-refractivity contribution is 6.13. The van der Waals surface area contributed by atoms with Crippen LogP contribution in [0.15, 0.2) is 23.8 Å². The monoisotopic (exact) mass is 250 g/mol. The molecule has 0 radical (unpaired) electrons. The zero-order chi connectivity index (χ0) is 13.8. The summed E-state index contributed by atoms with van der Waals surface area (Å²) in [6, 6.07) is 9.51. The van der Waals surface area contributed by atoms with Crippen LogP contribution in [0.4, 0.5) is 0 Å². The lowest BCUT2D eigenvalue weighted by atomic mass is 9.98. The first-order valence-corrected chi connectivity index (χ1v) is 6.41. The third-order valence-corrected chi connectivity index (χ3v) is 3.39. The largest absolute Gasteiger partial charge is 0.294 e. The summed E-state index contributed by atoms with van der Waals surface area (Å²) < 4.78 is 0. The molecule has 0 spiro atoms. The van der Waals surface area contributed by atoms with Crippen LogP contribution in [-0.2, 0) is 6.42 Å². The molecule has 3 nitrogen and oxygen atoms in total. The molecule has 0 aliphatic heterocycles. The molecule has 0 bridgehead atoms. The van der Waals surface area contributed by atoms with Gasteiger partial charge in [0.25, 0.3) is 0 Å². The normalized spacial score (nSPS) is 12.8. The quantitative estimate of drug-likeness (QED) is 0.772. The Hall–Kier alpha value is -2.39. The van der Waals surface area contributed by atoms with E-state index in [1.165, 1.54) is 0 Å². The number of benzene rings is 1. The van der Waals surface area contributed by atoms with Crippen LogP contribution in [0.25, 0.3) is 5.57 Å². The molecule has 0 amide bonds. The van der Waals surface area contributed by atoms with Crippen molar-refractivity contribution in [3.8, 4) is 12.1 Å². The first-order valence-electron chi connectivity index (χ1n) is 6.41. The van der Waals surface area contributed by atoms with Crippen LogP contribution in [0.1, 0.15) is 47.7 Å². The fourth-order valence-corrected chi connectivity index (χ4v) is 2.35.